The van der Waals surface area contributed by atoms with Gasteiger partial charge in [-0.2, -0.15) is 14.1 Å². The standard InChI is InChI=1S/C19H19ClN4O6S2/c1-4-30-19(27)16-13-10-31-17(21-14(25)9-23(2)32(3,28)29)15(13)18(26)24(22-16)12-7-5-6-11(20)8-12/h5-8,10H,4,9H2,1-3H3,(H,21,25). The molecule has 0 saturated heterocycles. The van der Waals surface area contributed by atoms with Gasteiger partial charge in [-0.3, -0.25) is 9.59 Å². The van der Waals surface area contributed by atoms with Crippen molar-refractivity contribution in [2.75, 3.05) is 31.8 Å². The molecule has 0 aliphatic heterocycles. The van der Waals surface area contributed by atoms with E-state index < -0.39 is 34.0 Å². The average Bonchev–Trinajstić information content (AvgIpc) is 3.11. The number of nitrogens with zero attached hydrogens (tertiary/aromatic N) is 3. The Bertz CT molecular complexity index is 1370. The van der Waals surface area contributed by atoms with Gasteiger partial charge in [0.15, 0.2) is 5.69 Å². The van der Waals surface area contributed by atoms with Crippen LogP contribution in [0.5, 0.6) is 0 Å². The fraction of sp³-hybridized carbons (Fsp3) is 0.263. The van der Waals surface area contributed by atoms with E-state index in [1.165, 1.54) is 18.5 Å². The van der Waals surface area contributed by atoms with Crippen molar-refractivity contribution < 1.29 is 22.7 Å². The lowest BCUT2D eigenvalue weighted by atomic mass is 10.2. The molecule has 32 heavy (non-hydrogen) atoms. The number of rotatable bonds is 7. The largest absolute Gasteiger partial charge is 0.461 e. The van der Waals surface area contributed by atoms with E-state index in [9.17, 15) is 22.8 Å². The van der Waals surface area contributed by atoms with Gasteiger partial charge < -0.3 is 10.1 Å². The maximum absolute atomic E-state index is 13.3. The van der Waals surface area contributed by atoms with Crippen LogP contribution in [-0.2, 0) is 19.6 Å². The Morgan fingerprint density at radius 1 is 1.34 bits per heavy atom. The minimum atomic E-state index is -3.57. The number of carbonyl (C=O) groups is 2. The number of esters is 1. The van der Waals surface area contributed by atoms with E-state index in [1.54, 1.807) is 25.1 Å². The van der Waals surface area contributed by atoms with Crippen LogP contribution in [0.1, 0.15) is 17.4 Å². The predicted molar refractivity (Wildman–Crippen MR) is 122 cm³/mol. The lowest BCUT2D eigenvalue weighted by Gasteiger charge is -2.13. The highest BCUT2D eigenvalue weighted by Crippen LogP contribution is 2.30. The van der Waals surface area contributed by atoms with Crippen LogP contribution in [0, 0.1) is 0 Å². The maximum Gasteiger partial charge on any atom is 0.359 e. The van der Waals surface area contributed by atoms with Gasteiger partial charge in [-0.15, -0.1) is 11.3 Å². The molecule has 3 rings (SSSR count). The van der Waals surface area contributed by atoms with Crippen molar-refractivity contribution in [3.05, 3.63) is 50.7 Å². The molecule has 2 heterocycles. The molecular formula is C19H19ClN4O6S2. The Morgan fingerprint density at radius 2 is 2.06 bits per heavy atom. The van der Waals surface area contributed by atoms with E-state index in [-0.39, 0.29) is 28.1 Å². The number of hydrogen-bond acceptors (Lipinski definition) is 8. The summed E-state index contributed by atoms with van der Waals surface area (Å²) in [6.45, 7) is 1.29. The molecule has 0 spiro atoms. The van der Waals surface area contributed by atoms with Gasteiger partial charge in [0, 0.05) is 22.8 Å². The van der Waals surface area contributed by atoms with E-state index in [0.29, 0.717) is 10.7 Å². The summed E-state index contributed by atoms with van der Waals surface area (Å²) in [7, 11) is -2.31. The number of aromatic nitrogens is 2. The second-order valence-corrected chi connectivity index (χ2v) is 10.1. The first-order valence-electron chi connectivity index (χ1n) is 9.21. The number of anilines is 1. The number of benzene rings is 1. The molecule has 13 heteroatoms. The number of nitrogens with one attached hydrogen (secondary N) is 1. The first kappa shape index (κ1) is 23.9. The van der Waals surface area contributed by atoms with E-state index in [4.69, 9.17) is 16.3 Å². The molecule has 0 aliphatic carbocycles. The van der Waals surface area contributed by atoms with Crippen LogP contribution in [0.25, 0.3) is 16.5 Å². The third-order valence-electron chi connectivity index (χ3n) is 4.36. The molecule has 1 amide bonds. The zero-order valence-corrected chi connectivity index (χ0v) is 19.7. The number of carbonyl (C=O) groups excluding carboxylic acids is 2. The van der Waals surface area contributed by atoms with Crippen LogP contribution in [0.4, 0.5) is 5.00 Å². The molecular weight excluding hydrogens is 480 g/mol. The van der Waals surface area contributed by atoms with Crippen LogP contribution in [0.2, 0.25) is 5.02 Å². The molecule has 0 bridgehead atoms. The number of amides is 1. The van der Waals surface area contributed by atoms with Crippen molar-refractivity contribution in [3.63, 3.8) is 0 Å². The van der Waals surface area contributed by atoms with E-state index in [2.05, 4.69) is 10.4 Å². The van der Waals surface area contributed by atoms with Crippen LogP contribution < -0.4 is 10.9 Å². The maximum atomic E-state index is 13.3. The molecule has 0 saturated carbocycles. The SMILES string of the molecule is CCOC(=O)c1nn(-c2cccc(Cl)c2)c(=O)c2c(NC(=O)CN(C)S(C)(=O)=O)scc12. The smallest absolute Gasteiger partial charge is 0.359 e. The number of fused-ring (bicyclic) bond motifs is 1. The Morgan fingerprint density at radius 3 is 2.69 bits per heavy atom. The van der Waals surface area contributed by atoms with Gasteiger partial charge in [-0.25, -0.2) is 13.2 Å². The van der Waals surface area contributed by atoms with Gasteiger partial charge in [-0.1, -0.05) is 17.7 Å². The molecule has 2 aromatic heterocycles. The molecule has 170 valence electrons. The summed E-state index contributed by atoms with van der Waals surface area (Å²) >= 11 is 7.05. The van der Waals surface area contributed by atoms with Crippen molar-refractivity contribution in [2.45, 2.75) is 6.92 Å². The van der Waals surface area contributed by atoms with E-state index in [1.807, 2.05) is 0 Å². The highest BCUT2D eigenvalue weighted by atomic mass is 35.5. The van der Waals surface area contributed by atoms with Gasteiger partial charge in [0.05, 0.1) is 30.5 Å². The average molecular weight is 499 g/mol. The molecule has 0 aliphatic rings. The van der Waals surface area contributed by atoms with Gasteiger partial charge in [0.25, 0.3) is 5.56 Å². The Balaban J connectivity index is 2.15. The molecule has 0 unspecified atom stereocenters. The number of hydrogen-bond donors (Lipinski definition) is 1. The van der Waals surface area contributed by atoms with Crippen molar-refractivity contribution in [1.29, 1.82) is 0 Å². The number of ether oxygens (including phenoxy) is 1. The summed E-state index contributed by atoms with van der Waals surface area (Å²) < 4.78 is 30.1. The quantitative estimate of drug-likeness (QED) is 0.494. The summed E-state index contributed by atoms with van der Waals surface area (Å²) in [6, 6.07) is 6.34. The highest BCUT2D eigenvalue weighted by molar-refractivity contribution is 7.88. The molecule has 3 aromatic rings. The zero-order chi connectivity index (χ0) is 23.6. The van der Waals surface area contributed by atoms with Gasteiger partial charge in [0.2, 0.25) is 15.9 Å². The van der Waals surface area contributed by atoms with Crippen molar-refractivity contribution >= 4 is 60.6 Å². The molecule has 1 N–H and O–H groups in total. The summed E-state index contributed by atoms with van der Waals surface area (Å²) in [5.74, 6) is -1.38. The minimum absolute atomic E-state index is 0.0448. The van der Waals surface area contributed by atoms with Crippen molar-refractivity contribution in [1.82, 2.24) is 14.1 Å². The second kappa shape index (κ2) is 9.36. The summed E-state index contributed by atoms with van der Waals surface area (Å²) in [4.78, 5) is 38.2. The second-order valence-electron chi connectivity index (χ2n) is 6.69. The number of sulfonamides is 1. The van der Waals surface area contributed by atoms with Crippen LogP contribution >= 0.6 is 22.9 Å². The van der Waals surface area contributed by atoms with Crippen LogP contribution in [0.15, 0.2) is 34.4 Å². The number of likely N-dealkylation sites (N-methyl/N-ethyl adjacent to an activating group) is 1. The predicted octanol–water partition coefficient (Wildman–Crippen LogP) is 2.11. The number of halogens is 1. The molecule has 0 atom stereocenters. The summed E-state index contributed by atoms with van der Waals surface area (Å²) in [6.07, 6.45) is 0.974. The molecule has 0 radical (unpaired) electrons. The minimum Gasteiger partial charge on any atom is -0.461 e. The van der Waals surface area contributed by atoms with Crippen molar-refractivity contribution in [2.24, 2.45) is 0 Å². The Labute approximate surface area is 192 Å². The first-order valence-corrected chi connectivity index (χ1v) is 12.3. The lowest BCUT2D eigenvalue weighted by Crippen LogP contribution is -2.34. The first-order chi connectivity index (χ1) is 15.0. The highest BCUT2D eigenvalue weighted by Gasteiger charge is 2.24. The van der Waals surface area contributed by atoms with E-state index in [0.717, 1.165) is 26.6 Å². The number of thiophene rings is 1. The molecule has 10 nitrogen and oxygen atoms in total. The van der Waals surface area contributed by atoms with E-state index >= 15 is 0 Å². The normalized spacial score (nSPS) is 11.7. The Kier molecular flexibility index (Phi) is 6.98. The topological polar surface area (TPSA) is 128 Å². The van der Waals surface area contributed by atoms with Crippen LogP contribution in [0.3, 0.4) is 0 Å². The van der Waals surface area contributed by atoms with Crippen molar-refractivity contribution in [3.8, 4) is 5.69 Å². The molecule has 0 fully saturated rings. The monoisotopic (exact) mass is 498 g/mol. The fourth-order valence-corrected chi connectivity index (χ4v) is 4.25. The third-order valence-corrected chi connectivity index (χ3v) is 6.75. The van der Waals surface area contributed by atoms with Crippen LogP contribution in [-0.4, -0.2) is 60.8 Å². The zero-order valence-electron chi connectivity index (χ0n) is 17.3. The molecule has 1 aromatic carbocycles. The van der Waals surface area contributed by atoms with Gasteiger partial charge in [0.1, 0.15) is 5.00 Å². The fourth-order valence-electron chi connectivity index (χ4n) is 2.76. The summed E-state index contributed by atoms with van der Waals surface area (Å²) in [5, 5.41) is 9.01. The summed E-state index contributed by atoms with van der Waals surface area (Å²) in [5.41, 5.74) is -0.384. The Hall–Kier alpha value is -2.80. The lowest BCUT2D eigenvalue weighted by molar-refractivity contribution is -0.116. The third kappa shape index (κ3) is 4.99. The van der Waals surface area contributed by atoms with Gasteiger partial charge >= 0.3 is 5.97 Å². The van der Waals surface area contributed by atoms with Gasteiger partial charge in [-0.05, 0) is 25.1 Å².